The number of carboxylic acid groups (broad SMARTS) is 1. The third-order valence-corrected chi connectivity index (χ3v) is 7.32. The zero-order valence-corrected chi connectivity index (χ0v) is 17.1. The van der Waals surface area contributed by atoms with Gasteiger partial charge in [-0.2, -0.15) is 4.31 Å². The molecular weight excluding hydrogens is 416 g/mol. The molecule has 154 valence electrons. The lowest BCUT2D eigenvalue weighted by atomic mass is 9.90. The minimum absolute atomic E-state index is 0.0629. The van der Waals surface area contributed by atoms with E-state index in [9.17, 15) is 18.0 Å². The lowest BCUT2D eigenvalue weighted by Crippen LogP contribution is -2.38. The van der Waals surface area contributed by atoms with Gasteiger partial charge >= 0.3 is 5.97 Å². The van der Waals surface area contributed by atoms with E-state index in [0.29, 0.717) is 19.0 Å². The second-order valence-electron chi connectivity index (χ2n) is 6.81. The van der Waals surface area contributed by atoms with Crippen LogP contribution in [0.15, 0.2) is 53.4 Å². The van der Waals surface area contributed by atoms with E-state index in [1.807, 2.05) is 18.2 Å². The van der Waals surface area contributed by atoms with Gasteiger partial charge in [0.25, 0.3) is 5.91 Å². The summed E-state index contributed by atoms with van der Waals surface area (Å²) in [5, 5.41) is 10.8. The van der Waals surface area contributed by atoms with E-state index in [2.05, 4.69) is 17.4 Å². The Kier molecular flexibility index (Phi) is 6.56. The van der Waals surface area contributed by atoms with E-state index >= 15 is 0 Å². The average Bonchev–Trinajstić information content (AvgIpc) is 2.72. The maximum absolute atomic E-state index is 13.0. The van der Waals surface area contributed by atoms with E-state index in [4.69, 9.17) is 16.7 Å². The highest BCUT2D eigenvalue weighted by molar-refractivity contribution is 7.89. The van der Waals surface area contributed by atoms with Crippen LogP contribution in [0, 0.1) is 0 Å². The first-order valence-electron chi connectivity index (χ1n) is 9.13. The van der Waals surface area contributed by atoms with Crippen molar-refractivity contribution in [2.24, 2.45) is 0 Å². The van der Waals surface area contributed by atoms with E-state index < -0.39 is 28.4 Å². The summed E-state index contributed by atoms with van der Waals surface area (Å²) in [4.78, 5) is 22.4. The number of halogens is 1. The summed E-state index contributed by atoms with van der Waals surface area (Å²) in [5.41, 5.74) is 1.30. The molecule has 1 amide bonds. The van der Waals surface area contributed by atoms with E-state index in [0.717, 1.165) is 12.8 Å². The number of carbonyl (C=O) groups is 2. The molecule has 0 aliphatic carbocycles. The normalized spacial score (nSPS) is 15.8. The van der Waals surface area contributed by atoms with Crippen molar-refractivity contribution >= 4 is 33.5 Å². The summed E-state index contributed by atoms with van der Waals surface area (Å²) in [6.45, 7) is 0.241. The number of nitrogens with one attached hydrogen (secondary N) is 1. The highest BCUT2D eigenvalue weighted by Gasteiger charge is 2.31. The van der Waals surface area contributed by atoms with Crippen molar-refractivity contribution in [3.8, 4) is 0 Å². The third kappa shape index (κ3) is 4.95. The first-order chi connectivity index (χ1) is 13.8. The number of hydrogen-bond acceptors (Lipinski definition) is 4. The minimum atomic E-state index is -3.79. The second kappa shape index (κ2) is 8.94. The number of carboxylic acids is 1. The molecular formula is C20H21ClN2O5S. The summed E-state index contributed by atoms with van der Waals surface area (Å²) in [6.07, 6.45) is 1.44. The molecule has 0 aromatic heterocycles. The molecule has 3 rings (SSSR count). The maximum atomic E-state index is 13.0. The molecule has 9 heteroatoms. The van der Waals surface area contributed by atoms with E-state index in [1.54, 1.807) is 0 Å². The van der Waals surface area contributed by atoms with Gasteiger partial charge in [-0.15, -0.1) is 0 Å². The molecule has 1 heterocycles. The Labute approximate surface area is 174 Å². The zero-order chi connectivity index (χ0) is 21.0. The van der Waals surface area contributed by atoms with E-state index in [-0.39, 0.29) is 15.5 Å². The van der Waals surface area contributed by atoms with Gasteiger partial charge < -0.3 is 10.4 Å². The first kappa shape index (κ1) is 21.3. The largest absolute Gasteiger partial charge is 0.480 e. The van der Waals surface area contributed by atoms with Crippen molar-refractivity contribution in [3.63, 3.8) is 0 Å². The number of sulfonamides is 1. The summed E-state index contributed by atoms with van der Waals surface area (Å²) in [6, 6.07) is 13.9. The molecule has 0 atom stereocenters. The lowest BCUT2D eigenvalue weighted by molar-refractivity contribution is -0.135. The van der Waals surface area contributed by atoms with Crippen molar-refractivity contribution in [1.29, 1.82) is 0 Å². The van der Waals surface area contributed by atoms with Gasteiger partial charge in [0.2, 0.25) is 10.0 Å². The van der Waals surface area contributed by atoms with Crippen LogP contribution >= 0.6 is 11.6 Å². The molecule has 2 aromatic rings. The van der Waals surface area contributed by atoms with Crippen molar-refractivity contribution in [1.82, 2.24) is 9.62 Å². The van der Waals surface area contributed by atoms with Crippen molar-refractivity contribution in [3.05, 3.63) is 64.7 Å². The Morgan fingerprint density at radius 3 is 2.34 bits per heavy atom. The maximum Gasteiger partial charge on any atom is 0.322 e. The van der Waals surface area contributed by atoms with Crippen LogP contribution < -0.4 is 5.32 Å². The standard InChI is InChI=1S/C20H21ClN2O5S/c21-17-12-16(20(26)22-13-19(24)25)6-7-18(17)29(27,28)23-10-8-15(9-11-23)14-4-2-1-3-5-14/h1-7,12,15H,8-11,13H2,(H,22,26)(H,24,25). The van der Waals surface area contributed by atoms with Crippen molar-refractivity contribution in [2.75, 3.05) is 19.6 Å². The molecule has 2 aromatic carbocycles. The Balaban J connectivity index is 1.71. The van der Waals surface area contributed by atoms with Crippen LogP contribution in [-0.2, 0) is 14.8 Å². The van der Waals surface area contributed by atoms with Crippen LogP contribution in [0.1, 0.15) is 34.7 Å². The summed E-state index contributed by atoms with van der Waals surface area (Å²) in [7, 11) is -3.79. The summed E-state index contributed by atoms with van der Waals surface area (Å²) >= 11 is 6.16. The van der Waals surface area contributed by atoms with Crippen LogP contribution in [0.4, 0.5) is 0 Å². The molecule has 1 aliphatic heterocycles. The zero-order valence-electron chi connectivity index (χ0n) is 15.5. The Morgan fingerprint density at radius 1 is 1.10 bits per heavy atom. The van der Waals surface area contributed by atoms with Gasteiger partial charge in [0.1, 0.15) is 11.4 Å². The highest BCUT2D eigenvalue weighted by Crippen LogP contribution is 2.32. The molecule has 2 N–H and O–H groups in total. The molecule has 0 saturated carbocycles. The van der Waals surface area contributed by atoms with Gasteiger partial charge in [-0.05, 0) is 42.5 Å². The number of benzene rings is 2. The van der Waals surface area contributed by atoms with Crippen LogP contribution in [0.2, 0.25) is 5.02 Å². The number of aliphatic carboxylic acids is 1. The fraction of sp³-hybridized carbons (Fsp3) is 0.300. The lowest BCUT2D eigenvalue weighted by Gasteiger charge is -2.31. The Hall–Kier alpha value is -2.42. The number of nitrogens with zero attached hydrogens (tertiary/aromatic N) is 1. The molecule has 0 radical (unpaired) electrons. The Morgan fingerprint density at radius 2 is 1.76 bits per heavy atom. The van der Waals surface area contributed by atoms with Crippen molar-refractivity contribution in [2.45, 2.75) is 23.7 Å². The minimum Gasteiger partial charge on any atom is -0.480 e. The SMILES string of the molecule is O=C(O)CNC(=O)c1ccc(S(=O)(=O)N2CCC(c3ccccc3)CC2)c(Cl)c1. The number of rotatable bonds is 6. The number of hydrogen-bond donors (Lipinski definition) is 2. The van der Waals surface area contributed by atoms with Crippen LogP contribution in [0.25, 0.3) is 0 Å². The fourth-order valence-electron chi connectivity index (χ4n) is 3.40. The molecule has 1 saturated heterocycles. The third-order valence-electron chi connectivity index (χ3n) is 4.94. The Bertz CT molecular complexity index is 1000. The number of carbonyl (C=O) groups excluding carboxylic acids is 1. The molecule has 1 fully saturated rings. The molecule has 0 bridgehead atoms. The second-order valence-corrected chi connectivity index (χ2v) is 9.12. The average molecular weight is 437 g/mol. The first-order valence-corrected chi connectivity index (χ1v) is 11.0. The summed E-state index contributed by atoms with van der Waals surface area (Å²) < 4.78 is 27.4. The highest BCUT2D eigenvalue weighted by atomic mass is 35.5. The van der Waals surface area contributed by atoms with E-state index in [1.165, 1.54) is 28.1 Å². The topological polar surface area (TPSA) is 104 Å². The van der Waals surface area contributed by atoms with Gasteiger partial charge in [0, 0.05) is 18.7 Å². The smallest absolute Gasteiger partial charge is 0.322 e. The number of amides is 1. The predicted octanol–water partition coefficient (Wildman–Crippen LogP) is 2.72. The quantitative estimate of drug-likeness (QED) is 0.724. The summed E-state index contributed by atoms with van der Waals surface area (Å²) in [5.74, 6) is -1.50. The van der Waals surface area contributed by atoms with Crippen LogP contribution in [0.5, 0.6) is 0 Å². The fourth-order valence-corrected chi connectivity index (χ4v) is 5.39. The van der Waals surface area contributed by atoms with Gasteiger partial charge in [-0.3, -0.25) is 9.59 Å². The molecule has 29 heavy (non-hydrogen) atoms. The van der Waals surface area contributed by atoms with Crippen LogP contribution in [0.3, 0.4) is 0 Å². The van der Waals surface area contributed by atoms with Gasteiger partial charge in [0.15, 0.2) is 0 Å². The molecule has 0 unspecified atom stereocenters. The monoisotopic (exact) mass is 436 g/mol. The molecule has 1 aliphatic rings. The molecule has 7 nitrogen and oxygen atoms in total. The van der Waals surface area contributed by atoms with Gasteiger partial charge in [0.05, 0.1) is 5.02 Å². The van der Waals surface area contributed by atoms with Crippen molar-refractivity contribution < 1.29 is 23.1 Å². The van der Waals surface area contributed by atoms with Crippen LogP contribution in [-0.4, -0.2) is 49.3 Å². The molecule has 0 spiro atoms. The van der Waals surface area contributed by atoms with Gasteiger partial charge in [-0.1, -0.05) is 41.9 Å². The predicted molar refractivity (Wildman–Crippen MR) is 109 cm³/mol. The number of piperidine rings is 1. The van der Waals surface area contributed by atoms with Gasteiger partial charge in [-0.25, -0.2) is 8.42 Å².